The number of carbonyl (C=O) groups excluding carboxylic acids is 1. The standard InChI is InChI=1S/C13H24N2O2/c16-13(12-4-2-1-3-5-12)17-11-10-15-8-6-14-7-9-15/h12,14H,1-11H2. The van der Waals surface area contributed by atoms with Crippen LogP contribution < -0.4 is 5.32 Å². The summed E-state index contributed by atoms with van der Waals surface area (Å²) in [5, 5.41) is 3.32. The first-order valence-corrected chi connectivity index (χ1v) is 6.96. The second kappa shape index (κ2) is 6.97. The highest BCUT2D eigenvalue weighted by Crippen LogP contribution is 2.24. The Labute approximate surface area is 104 Å². The molecule has 1 aliphatic heterocycles. The molecular formula is C13H24N2O2. The molecule has 2 rings (SSSR count). The number of rotatable bonds is 4. The van der Waals surface area contributed by atoms with Crippen LogP contribution in [0.5, 0.6) is 0 Å². The molecule has 0 unspecified atom stereocenters. The van der Waals surface area contributed by atoms with Crippen LogP contribution in [0.15, 0.2) is 0 Å². The van der Waals surface area contributed by atoms with Gasteiger partial charge in [0.15, 0.2) is 0 Å². The van der Waals surface area contributed by atoms with Gasteiger partial charge in [0.1, 0.15) is 6.61 Å². The highest BCUT2D eigenvalue weighted by molar-refractivity contribution is 5.72. The summed E-state index contributed by atoms with van der Waals surface area (Å²) in [6.07, 6.45) is 5.73. The van der Waals surface area contributed by atoms with Gasteiger partial charge in [-0.2, -0.15) is 0 Å². The van der Waals surface area contributed by atoms with Crippen molar-refractivity contribution < 1.29 is 9.53 Å². The fourth-order valence-electron chi connectivity index (χ4n) is 2.67. The maximum absolute atomic E-state index is 11.8. The Kier molecular flexibility index (Phi) is 5.26. The summed E-state index contributed by atoms with van der Waals surface area (Å²) < 4.78 is 5.38. The van der Waals surface area contributed by atoms with Crippen LogP contribution in [0.2, 0.25) is 0 Å². The summed E-state index contributed by atoms with van der Waals surface area (Å²) in [4.78, 5) is 14.1. The van der Waals surface area contributed by atoms with Crippen LogP contribution in [-0.2, 0) is 9.53 Å². The predicted molar refractivity (Wildman–Crippen MR) is 66.8 cm³/mol. The number of esters is 1. The maximum atomic E-state index is 11.8. The topological polar surface area (TPSA) is 41.6 Å². The van der Waals surface area contributed by atoms with Gasteiger partial charge in [0.05, 0.1) is 5.92 Å². The number of nitrogens with zero attached hydrogens (tertiary/aromatic N) is 1. The van der Waals surface area contributed by atoms with E-state index in [1.165, 1.54) is 19.3 Å². The van der Waals surface area contributed by atoms with Gasteiger partial charge in [-0.1, -0.05) is 19.3 Å². The second-order valence-corrected chi connectivity index (χ2v) is 5.09. The van der Waals surface area contributed by atoms with Crippen LogP contribution in [0.25, 0.3) is 0 Å². The summed E-state index contributed by atoms with van der Waals surface area (Å²) in [7, 11) is 0. The van der Waals surface area contributed by atoms with Crippen LogP contribution in [0.1, 0.15) is 32.1 Å². The monoisotopic (exact) mass is 240 g/mol. The zero-order valence-corrected chi connectivity index (χ0v) is 10.6. The number of nitrogens with one attached hydrogen (secondary N) is 1. The van der Waals surface area contributed by atoms with E-state index in [2.05, 4.69) is 10.2 Å². The highest BCUT2D eigenvalue weighted by atomic mass is 16.5. The lowest BCUT2D eigenvalue weighted by Gasteiger charge is -2.27. The minimum Gasteiger partial charge on any atom is -0.464 e. The minimum atomic E-state index is 0.0415. The van der Waals surface area contributed by atoms with Gasteiger partial charge in [-0.05, 0) is 12.8 Å². The molecule has 0 aromatic carbocycles. The van der Waals surface area contributed by atoms with Crippen molar-refractivity contribution in [3.8, 4) is 0 Å². The van der Waals surface area contributed by atoms with E-state index in [-0.39, 0.29) is 11.9 Å². The van der Waals surface area contributed by atoms with Crippen LogP contribution in [0.3, 0.4) is 0 Å². The molecule has 4 nitrogen and oxygen atoms in total. The van der Waals surface area contributed by atoms with Crippen molar-refractivity contribution in [2.45, 2.75) is 32.1 Å². The molecule has 98 valence electrons. The van der Waals surface area contributed by atoms with Crippen LogP contribution in [-0.4, -0.2) is 50.2 Å². The van der Waals surface area contributed by atoms with Gasteiger partial charge < -0.3 is 10.1 Å². The van der Waals surface area contributed by atoms with Gasteiger partial charge in [-0.15, -0.1) is 0 Å². The Balaban J connectivity index is 1.58. The fraction of sp³-hybridized carbons (Fsp3) is 0.923. The number of ether oxygens (including phenoxy) is 1. The van der Waals surface area contributed by atoms with Crippen LogP contribution in [0, 0.1) is 5.92 Å². The second-order valence-electron chi connectivity index (χ2n) is 5.09. The Bertz CT molecular complexity index is 234. The lowest BCUT2D eigenvalue weighted by Crippen LogP contribution is -2.44. The number of carbonyl (C=O) groups is 1. The number of hydrogen-bond acceptors (Lipinski definition) is 4. The molecule has 1 heterocycles. The molecule has 1 N–H and O–H groups in total. The Morgan fingerprint density at radius 3 is 2.59 bits per heavy atom. The first-order valence-electron chi connectivity index (χ1n) is 6.96. The SMILES string of the molecule is O=C(OCCN1CCNCC1)C1CCCCC1. The summed E-state index contributed by atoms with van der Waals surface area (Å²) >= 11 is 0. The van der Waals surface area contributed by atoms with Crippen molar-refractivity contribution in [3.63, 3.8) is 0 Å². The van der Waals surface area contributed by atoms with E-state index in [1.807, 2.05) is 0 Å². The normalized spacial score (nSPS) is 23.5. The number of piperazine rings is 1. The van der Waals surface area contributed by atoms with Gasteiger partial charge in [0.25, 0.3) is 0 Å². The summed E-state index contributed by atoms with van der Waals surface area (Å²) in [5.41, 5.74) is 0. The molecule has 0 bridgehead atoms. The zero-order chi connectivity index (χ0) is 11.9. The average molecular weight is 240 g/mol. The molecule has 4 heteroatoms. The van der Waals surface area contributed by atoms with Crippen molar-refractivity contribution in [3.05, 3.63) is 0 Å². The lowest BCUT2D eigenvalue weighted by molar-refractivity contribution is -0.150. The quantitative estimate of drug-likeness (QED) is 0.745. The van der Waals surface area contributed by atoms with Gasteiger partial charge in [-0.25, -0.2) is 0 Å². The molecule has 1 aliphatic carbocycles. The smallest absolute Gasteiger partial charge is 0.308 e. The molecule has 0 amide bonds. The largest absolute Gasteiger partial charge is 0.464 e. The van der Waals surface area contributed by atoms with E-state index in [0.717, 1.165) is 45.6 Å². The van der Waals surface area contributed by atoms with E-state index in [4.69, 9.17) is 4.74 Å². The van der Waals surface area contributed by atoms with Gasteiger partial charge >= 0.3 is 5.97 Å². The fourth-order valence-corrected chi connectivity index (χ4v) is 2.67. The molecule has 0 atom stereocenters. The van der Waals surface area contributed by atoms with E-state index in [1.54, 1.807) is 0 Å². The zero-order valence-electron chi connectivity index (χ0n) is 10.6. The molecule has 0 aromatic rings. The molecule has 0 aromatic heterocycles. The van der Waals surface area contributed by atoms with Gasteiger partial charge in [0.2, 0.25) is 0 Å². The molecule has 1 saturated carbocycles. The average Bonchev–Trinajstić information content (AvgIpc) is 2.41. The van der Waals surface area contributed by atoms with Gasteiger partial charge in [-0.3, -0.25) is 9.69 Å². The molecule has 17 heavy (non-hydrogen) atoms. The van der Waals surface area contributed by atoms with E-state index in [9.17, 15) is 4.79 Å². The first-order chi connectivity index (χ1) is 8.36. The third-order valence-corrected chi connectivity index (χ3v) is 3.80. The molecular weight excluding hydrogens is 216 g/mol. The predicted octanol–water partition coefficient (Wildman–Crippen LogP) is 1.02. The summed E-state index contributed by atoms with van der Waals surface area (Å²) in [6, 6.07) is 0. The van der Waals surface area contributed by atoms with Crippen molar-refractivity contribution in [1.82, 2.24) is 10.2 Å². The maximum Gasteiger partial charge on any atom is 0.308 e. The van der Waals surface area contributed by atoms with Crippen molar-refractivity contribution in [2.24, 2.45) is 5.92 Å². The summed E-state index contributed by atoms with van der Waals surface area (Å²) in [5.74, 6) is 0.228. The Morgan fingerprint density at radius 2 is 1.88 bits per heavy atom. The lowest BCUT2D eigenvalue weighted by atomic mass is 9.89. The van der Waals surface area contributed by atoms with Crippen molar-refractivity contribution in [2.75, 3.05) is 39.3 Å². The Hall–Kier alpha value is -0.610. The van der Waals surface area contributed by atoms with Gasteiger partial charge in [0, 0.05) is 32.7 Å². The minimum absolute atomic E-state index is 0.0415. The first kappa shape index (κ1) is 12.8. The molecule has 0 radical (unpaired) electrons. The third-order valence-electron chi connectivity index (χ3n) is 3.80. The van der Waals surface area contributed by atoms with E-state index < -0.39 is 0 Å². The Morgan fingerprint density at radius 1 is 1.18 bits per heavy atom. The molecule has 0 spiro atoms. The summed E-state index contributed by atoms with van der Waals surface area (Å²) in [6.45, 7) is 5.70. The number of hydrogen-bond donors (Lipinski definition) is 1. The molecule has 2 aliphatic rings. The highest BCUT2D eigenvalue weighted by Gasteiger charge is 2.22. The van der Waals surface area contributed by atoms with Crippen LogP contribution in [0.4, 0.5) is 0 Å². The molecule has 1 saturated heterocycles. The van der Waals surface area contributed by atoms with E-state index in [0.29, 0.717) is 6.61 Å². The van der Waals surface area contributed by atoms with Crippen molar-refractivity contribution in [1.29, 1.82) is 0 Å². The molecule has 2 fully saturated rings. The third kappa shape index (κ3) is 4.28. The van der Waals surface area contributed by atoms with E-state index >= 15 is 0 Å². The van der Waals surface area contributed by atoms with Crippen LogP contribution >= 0.6 is 0 Å². The van der Waals surface area contributed by atoms with Crippen molar-refractivity contribution >= 4 is 5.97 Å².